The van der Waals surface area contributed by atoms with Crippen LogP contribution < -0.4 is 0 Å². The average molecular weight is 305 g/mol. The van der Waals surface area contributed by atoms with Crippen molar-refractivity contribution in [1.82, 2.24) is 13.9 Å². The van der Waals surface area contributed by atoms with Gasteiger partial charge in [-0.2, -0.15) is 4.31 Å². The normalized spacial score (nSPS) is 17.0. The van der Waals surface area contributed by atoms with Crippen molar-refractivity contribution < 1.29 is 8.42 Å². The molecule has 6 heteroatoms. The van der Waals surface area contributed by atoms with Gasteiger partial charge in [0.1, 0.15) is 0 Å². The molecule has 112 valence electrons. The van der Waals surface area contributed by atoms with Crippen LogP contribution in [0.2, 0.25) is 0 Å². The Labute approximate surface area is 125 Å². The monoisotopic (exact) mass is 305 g/mol. The summed E-state index contributed by atoms with van der Waals surface area (Å²) >= 11 is 0. The van der Waals surface area contributed by atoms with Crippen molar-refractivity contribution in [3.63, 3.8) is 0 Å². The number of hydrogen-bond donors (Lipinski definition) is 0. The van der Waals surface area contributed by atoms with Crippen LogP contribution in [0.1, 0.15) is 19.3 Å². The van der Waals surface area contributed by atoms with Crippen molar-refractivity contribution in [3.8, 4) is 11.3 Å². The Morgan fingerprint density at radius 1 is 1.05 bits per heavy atom. The molecule has 2 heterocycles. The molecule has 21 heavy (non-hydrogen) atoms. The summed E-state index contributed by atoms with van der Waals surface area (Å²) < 4.78 is 28.6. The molecule has 2 aromatic rings. The highest BCUT2D eigenvalue weighted by Crippen LogP contribution is 2.24. The smallest absolute Gasteiger partial charge is 0.243 e. The molecule has 1 aromatic carbocycles. The minimum atomic E-state index is -3.35. The standard InChI is InChI=1S/C15H19N3O2S/c1-17-12-16-11-15(17)13-5-7-14(8-6-13)21(19,20)18-9-3-2-4-10-18/h5-8,11-12H,2-4,9-10H2,1H3. The van der Waals surface area contributed by atoms with Crippen molar-refractivity contribution >= 4 is 10.0 Å². The molecular weight excluding hydrogens is 286 g/mol. The van der Waals surface area contributed by atoms with Crippen LogP contribution in [0.4, 0.5) is 0 Å². The first kappa shape index (κ1) is 14.3. The topological polar surface area (TPSA) is 55.2 Å². The van der Waals surface area contributed by atoms with Crippen LogP contribution in [-0.2, 0) is 17.1 Å². The SMILES string of the molecule is Cn1cncc1-c1ccc(S(=O)(=O)N2CCCCC2)cc1. The molecule has 1 aliphatic heterocycles. The summed E-state index contributed by atoms with van der Waals surface area (Å²) in [5.74, 6) is 0. The second kappa shape index (κ2) is 5.61. The summed E-state index contributed by atoms with van der Waals surface area (Å²) in [7, 11) is -1.43. The summed E-state index contributed by atoms with van der Waals surface area (Å²) in [4.78, 5) is 4.45. The number of rotatable bonds is 3. The van der Waals surface area contributed by atoms with E-state index >= 15 is 0 Å². The van der Waals surface area contributed by atoms with Gasteiger partial charge in [0.2, 0.25) is 10.0 Å². The molecule has 0 bridgehead atoms. The molecule has 0 radical (unpaired) electrons. The number of imidazole rings is 1. The molecule has 1 fully saturated rings. The number of sulfonamides is 1. The highest BCUT2D eigenvalue weighted by atomic mass is 32.2. The van der Waals surface area contributed by atoms with Gasteiger partial charge in [-0.15, -0.1) is 0 Å². The lowest BCUT2D eigenvalue weighted by Gasteiger charge is -2.25. The fraction of sp³-hybridized carbons (Fsp3) is 0.400. The maximum atomic E-state index is 12.6. The third-order valence-electron chi connectivity index (χ3n) is 3.92. The Kier molecular flexibility index (Phi) is 3.82. The summed E-state index contributed by atoms with van der Waals surface area (Å²) in [5.41, 5.74) is 1.93. The van der Waals surface area contributed by atoms with Crippen molar-refractivity contribution in [2.24, 2.45) is 7.05 Å². The molecule has 0 saturated carbocycles. The van der Waals surface area contributed by atoms with Gasteiger partial charge in [0, 0.05) is 20.1 Å². The molecule has 1 aromatic heterocycles. The van der Waals surface area contributed by atoms with Gasteiger partial charge in [-0.05, 0) is 30.5 Å². The van der Waals surface area contributed by atoms with Gasteiger partial charge < -0.3 is 4.57 Å². The Bertz CT molecular complexity index is 714. The largest absolute Gasteiger partial charge is 0.334 e. The van der Waals surface area contributed by atoms with E-state index in [-0.39, 0.29) is 0 Å². The van der Waals surface area contributed by atoms with Crippen molar-refractivity contribution in [3.05, 3.63) is 36.8 Å². The number of aromatic nitrogens is 2. The van der Waals surface area contributed by atoms with Gasteiger partial charge >= 0.3 is 0 Å². The fourth-order valence-corrected chi connectivity index (χ4v) is 4.20. The maximum Gasteiger partial charge on any atom is 0.243 e. The predicted octanol–water partition coefficient (Wildman–Crippen LogP) is 2.26. The van der Waals surface area contributed by atoms with Gasteiger partial charge in [-0.3, -0.25) is 0 Å². The number of aryl methyl sites for hydroxylation is 1. The van der Waals surface area contributed by atoms with Crippen LogP contribution in [0, 0.1) is 0 Å². The summed E-state index contributed by atoms with van der Waals surface area (Å²) in [5, 5.41) is 0. The highest BCUT2D eigenvalue weighted by Gasteiger charge is 2.25. The van der Waals surface area contributed by atoms with E-state index in [1.165, 1.54) is 0 Å². The molecule has 1 aliphatic rings. The Balaban J connectivity index is 1.88. The molecular formula is C15H19N3O2S. The van der Waals surface area contributed by atoms with Crippen LogP contribution >= 0.6 is 0 Å². The van der Waals surface area contributed by atoms with E-state index in [0.717, 1.165) is 30.5 Å². The molecule has 0 aliphatic carbocycles. The predicted molar refractivity (Wildman–Crippen MR) is 81.3 cm³/mol. The van der Waals surface area contributed by atoms with E-state index in [2.05, 4.69) is 4.98 Å². The van der Waals surface area contributed by atoms with E-state index in [9.17, 15) is 8.42 Å². The molecule has 0 unspecified atom stereocenters. The lowest BCUT2D eigenvalue weighted by Crippen LogP contribution is -2.35. The van der Waals surface area contributed by atoms with Crippen molar-refractivity contribution in [1.29, 1.82) is 0 Å². The zero-order chi connectivity index (χ0) is 14.9. The Hall–Kier alpha value is -1.66. The third kappa shape index (κ3) is 2.73. The first-order chi connectivity index (χ1) is 10.1. The van der Waals surface area contributed by atoms with Crippen LogP contribution in [0.5, 0.6) is 0 Å². The van der Waals surface area contributed by atoms with E-state index in [1.807, 2.05) is 23.7 Å². The van der Waals surface area contributed by atoms with Gasteiger partial charge in [0.05, 0.1) is 23.1 Å². The van der Waals surface area contributed by atoms with Gasteiger partial charge in [0.25, 0.3) is 0 Å². The van der Waals surface area contributed by atoms with E-state index in [4.69, 9.17) is 0 Å². The van der Waals surface area contributed by atoms with Gasteiger partial charge in [-0.25, -0.2) is 13.4 Å². The fourth-order valence-electron chi connectivity index (χ4n) is 2.69. The number of nitrogens with zero attached hydrogens (tertiary/aromatic N) is 3. The van der Waals surface area contributed by atoms with E-state index < -0.39 is 10.0 Å². The molecule has 0 N–H and O–H groups in total. The van der Waals surface area contributed by atoms with Crippen LogP contribution in [0.15, 0.2) is 41.7 Å². The number of hydrogen-bond acceptors (Lipinski definition) is 3. The molecule has 3 rings (SSSR count). The van der Waals surface area contributed by atoms with Crippen molar-refractivity contribution in [2.45, 2.75) is 24.2 Å². The Morgan fingerprint density at radius 3 is 2.29 bits per heavy atom. The minimum Gasteiger partial charge on any atom is -0.334 e. The number of benzene rings is 1. The van der Waals surface area contributed by atoms with Crippen molar-refractivity contribution in [2.75, 3.05) is 13.1 Å². The molecule has 0 amide bonds. The minimum absolute atomic E-state index is 0.371. The van der Waals surface area contributed by atoms with Gasteiger partial charge in [-0.1, -0.05) is 18.6 Å². The van der Waals surface area contributed by atoms with Crippen LogP contribution in [-0.4, -0.2) is 35.4 Å². The second-order valence-corrected chi connectivity index (χ2v) is 7.32. The lowest BCUT2D eigenvalue weighted by atomic mass is 10.2. The first-order valence-corrected chi connectivity index (χ1v) is 8.60. The van der Waals surface area contributed by atoms with Crippen LogP contribution in [0.25, 0.3) is 11.3 Å². The zero-order valence-corrected chi connectivity index (χ0v) is 12.9. The summed E-state index contributed by atoms with van der Waals surface area (Å²) in [6, 6.07) is 7.06. The molecule has 5 nitrogen and oxygen atoms in total. The van der Waals surface area contributed by atoms with Crippen LogP contribution in [0.3, 0.4) is 0 Å². The summed E-state index contributed by atoms with van der Waals surface area (Å²) in [6.07, 6.45) is 6.52. The lowest BCUT2D eigenvalue weighted by molar-refractivity contribution is 0.346. The first-order valence-electron chi connectivity index (χ1n) is 7.16. The average Bonchev–Trinajstić information content (AvgIpc) is 2.94. The molecule has 0 atom stereocenters. The molecule has 0 spiro atoms. The Morgan fingerprint density at radius 2 is 1.71 bits per heavy atom. The van der Waals surface area contributed by atoms with E-state index in [1.54, 1.807) is 29.0 Å². The highest BCUT2D eigenvalue weighted by molar-refractivity contribution is 7.89. The quantitative estimate of drug-likeness (QED) is 0.874. The third-order valence-corrected chi connectivity index (χ3v) is 5.83. The number of piperidine rings is 1. The van der Waals surface area contributed by atoms with E-state index in [0.29, 0.717) is 18.0 Å². The van der Waals surface area contributed by atoms with Gasteiger partial charge in [0.15, 0.2) is 0 Å². The second-order valence-electron chi connectivity index (χ2n) is 5.38. The maximum absolute atomic E-state index is 12.6. The molecule has 1 saturated heterocycles. The zero-order valence-electron chi connectivity index (χ0n) is 12.1. The summed E-state index contributed by atoms with van der Waals surface area (Å²) in [6.45, 7) is 1.26.